The number of hydrogen-bond donors (Lipinski definition) is 1. The van der Waals surface area contributed by atoms with Crippen LogP contribution in [0, 0.1) is 0 Å². The zero-order chi connectivity index (χ0) is 10.8. The van der Waals surface area contributed by atoms with E-state index in [1.165, 1.54) is 0 Å². The van der Waals surface area contributed by atoms with Gasteiger partial charge < -0.3 is 9.84 Å². The fourth-order valence-corrected chi connectivity index (χ4v) is 2.41. The zero-order valence-corrected chi connectivity index (χ0v) is 10.8. The maximum Gasteiger partial charge on any atom is 0.126 e. The molecule has 80 valence electrons. The molecule has 0 fully saturated rings. The van der Waals surface area contributed by atoms with Crippen molar-refractivity contribution in [1.82, 2.24) is 0 Å². The molecular formula is C10H8BrClO2S. The molecule has 1 unspecified atom stereocenters. The van der Waals surface area contributed by atoms with E-state index in [-0.39, 0.29) is 0 Å². The Morgan fingerprint density at radius 1 is 1.60 bits per heavy atom. The molecule has 0 saturated carbocycles. The normalized spacial score (nSPS) is 22.3. The van der Waals surface area contributed by atoms with Crippen molar-refractivity contribution in [3.63, 3.8) is 0 Å². The summed E-state index contributed by atoms with van der Waals surface area (Å²) in [6, 6.07) is 5.54. The van der Waals surface area contributed by atoms with Crippen LogP contribution in [0.2, 0.25) is 0 Å². The summed E-state index contributed by atoms with van der Waals surface area (Å²) in [5.41, 5.74) is 1.57. The third kappa shape index (κ3) is 2.18. The largest absolute Gasteiger partial charge is 0.489 e. The van der Waals surface area contributed by atoms with E-state index in [9.17, 15) is 5.11 Å². The Morgan fingerprint density at radius 2 is 2.40 bits per heavy atom. The van der Waals surface area contributed by atoms with Crippen LogP contribution in [-0.4, -0.2) is 11.7 Å². The van der Waals surface area contributed by atoms with E-state index in [2.05, 4.69) is 15.9 Å². The summed E-state index contributed by atoms with van der Waals surface area (Å²) in [6.07, 6.45) is -0.614. The van der Waals surface area contributed by atoms with Crippen LogP contribution in [-0.2, 0) is 0 Å². The molecule has 5 heteroatoms. The van der Waals surface area contributed by atoms with Gasteiger partial charge in [-0.05, 0) is 44.8 Å². The van der Waals surface area contributed by atoms with E-state index in [4.69, 9.17) is 15.4 Å². The highest BCUT2D eigenvalue weighted by atomic mass is 79.9. The van der Waals surface area contributed by atoms with Crippen LogP contribution in [0.15, 0.2) is 33.7 Å². The Bertz CT molecular complexity index is 408. The maximum absolute atomic E-state index is 10.0. The Labute approximate surface area is 105 Å². The minimum absolute atomic E-state index is 0.410. The van der Waals surface area contributed by atoms with Crippen LogP contribution in [0.1, 0.15) is 11.7 Å². The molecule has 1 aromatic rings. The van der Waals surface area contributed by atoms with Gasteiger partial charge in [-0.2, -0.15) is 0 Å². The number of aliphatic hydroxyl groups excluding tert-OH is 1. The molecule has 0 amide bonds. The summed E-state index contributed by atoms with van der Waals surface area (Å²) in [5.74, 6) is 0.718. The topological polar surface area (TPSA) is 29.5 Å². The molecule has 0 bridgehead atoms. The van der Waals surface area contributed by atoms with Crippen molar-refractivity contribution >= 4 is 37.6 Å². The number of halogens is 2. The zero-order valence-electron chi connectivity index (χ0n) is 7.61. The molecule has 2 rings (SSSR count). The summed E-state index contributed by atoms with van der Waals surface area (Å²) in [5, 5.41) is 10.0. The Hall–Kier alpha value is -0.160. The van der Waals surface area contributed by atoms with Crippen LogP contribution in [0.3, 0.4) is 0 Å². The number of benzene rings is 1. The lowest BCUT2D eigenvalue weighted by atomic mass is 10.00. The quantitative estimate of drug-likeness (QED) is 0.859. The van der Waals surface area contributed by atoms with Gasteiger partial charge in [-0.1, -0.05) is 15.9 Å². The third-order valence-corrected chi connectivity index (χ3v) is 3.81. The summed E-state index contributed by atoms with van der Waals surface area (Å²) < 4.78 is 5.49. The lowest BCUT2D eigenvalue weighted by Gasteiger charge is -2.24. The maximum atomic E-state index is 10.0. The van der Waals surface area contributed by atoms with Crippen molar-refractivity contribution in [2.75, 3.05) is 6.61 Å². The number of rotatable bonds is 1. The highest BCUT2D eigenvalue weighted by molar-refractivity contribution is 9.11. The first kappa shape index (κ1) is 11.3. The van der Waals surface area contributed by atoms with Gasteiger partial charge in [-0.25, -0.2) is 0 Å². The van der Waals surface area contributed by atoms with Gasteiger partial charge in [0.05, 0.1) is 0 Å². The van der Waals surface area contributed by atoms with Gasteiger partial charge in [-0.3, -0.25) is 0 Å². The molecule has 1 aliphatic heterocycles. The fourth-order valence-electron chi connectivity index (χ4n) is 1.45. The van der Waals surface area contributed by atoms with Crippen LogP contribution in [0.5, 0.6) is 5.75 Å². The van der Waals surface area contributed by atoms with E-state index in [1.807, 2.05) is 18.2 Å². The van der Waals surface area contributed by atoms with Gasteiger partial charge >= 0.3 is 0 Å². The van der Waals surface area contributed by atoms with Crippen LogP contribution < -0.4 is 4.74 Å². The van der Waals surface area contributed by atoms with Crippen molar-refractivity contribution in [2.45, 2.75) is 11.0 Å². The molecular weight excluding hydrogens is 300 g/mol. The molecule has 1 aliphatic rings. The fraction of sp³-hybridized carbons (Fsp3) is 0.200. The average molecular weight is 308 g/mol. The third-order valence-electron chi connectivity index (χ3n) is 2.25. The molecule has 1 heterocycles. The second-order valence-electron chi connectivity index (χ2n) is 3.15. The Balaban J connectivity index is 2.44. The van der Waals surface area contributed by atoms with Crippen LogP contribution >= 0.6 is 37.6 Å². The number of hydrogen-bond acceptors (Lipinski definition) is 3. The predicted molar refractivity (Wildman–Crippen MR) is 65.6 cm³/mol. The van der Waals surface area contributed by atoms with Crippen LogP contribution in [0.4, 0.5) is 0 Å². The lowest BCUT2D eigenvalue weighted by molar-refractivity contribution is 0.170. The second kappa shape index (κ2) is 4.78. The minimum Gasteiger partial charge on any atom is -0.489 e. The van der Waals surface area contributed by atoms with E-state index < -0.39 is 6.10 Å². The summed E-state index contributed by atoms with van der Waals surface area (Å²) >= 11 is 3.21. The Morgan fingerprint density at radius 3 is 3.07 bits per heavy atom. The van der Waals surface area contributed by atoms with Crippen molar-refractivity contribution in [3.05, 3.63) is 34.3 Å². The number of aliphatic hydroxyl groups is 1. The molecule has 0 spiro atoms. The second-order valence-corrected chi connectivity index (χ2v) is 4.70. The van der Waals surface area contributed by atoms with E-state index in [1.54, 1.807) is 4.99 Å². The molecule has 15 heavy (non-hydrogen) atoms. The van der Waals surface area contributed by atoms with Gasteiger partial charge in [0.25, 0.3) is 0 Å². The van der Waals surface area contributed by atoms with Gasteiger partial charge in [0.1, 0.15) is 18.5 Å². The van der Waals surface area contributed by atoms with Crippen LogP contribution in [0.25, 0.3) is 0 Å². The molecule has 0 saturated heterocycles. The Kier molecular flexibility index (Phi) is 3.61. The highest BCUT2D eigenvalue weighted by Crippen LogP contribution is 2.38. The molecule has 0 aliphatic carbocycles. The number of ether oxygens (including phenoxy) is 1. The SMILES string of the molecule is OC1/C(=C\Br)COc2ccc(SCl)cc21. The first-order chi connectivity index (χ1) is 7.26. The molecule has 1 aromatic carbocycles. The summed E-state index contributed by atoms with van der Waals surface area (Å²) in [7, 11) is 6.78. The van der Waals surface area contributed by atoms with Crippen molar-refractivity contribution in [2.24, 2.45) is 0 Å². The monoisotopic (exact) mass is 306 g/mol. The van der Waals surface area contributed by atoms with Gasteiger partial charge in [0.2, 0.25) is 0 Å². The molecule has 0 aromatic heterocycles. The average Bonchev–Trinajstić information content (AvgIpc) is 2.29. The first-order valence-electron chi connectivity index (χ1n) is 4.29. The van der Waals surface area contributed by atoms with Gasteiger partial charge in [-0.15, -0.1) is 0 Å². The lowest BCUT2D eigenvalue weighted by Crippen LogP contribution is -2.17. The summed E-state index contributed by atoms with van der Waals surface area (Å²) in [4.78, 5) is 2.59. The van der Waals surface area contributed by atoms with E-state index >= 15 is 0 Å². The molecule has 1 atom stereocenters. The molecule has 0 radical (unpaired) electrons. The first-order valence-corrected chi connectivity index (χ1v) is 6.84. The molecule has 1 N–H and O–H groups in total. The number of fused-ring (bicyclic) bond motifs is 1. The smallest absolute Gasteiger partial charge is 0.126 e. The van der Waals surface area contributed by atoms with E-state index in [0.717, 1.165) is 32.8 Å². The van der Waals surface area contributed by atoms with Crippen molar-refractivity contribution in [1.29, 1.82) is 0 Å². The van der Waals surface area contributed by atoms with Crippen molar-refractivity contribution < 1.29 is 9.84 Å². The minimum atomic E-state index is -0.614. The summed E-state index contributed by atoms with van der Waals surface area (Å²) in [6.45, 7) is 0.410. The standard InChI is InChI=1S/C10H8BrClO2S/c11-4-6-5-14-9-2-1-7(15-12)3-8(9)10(6)13/h1-4,10,13H,5H2/b6-4-. The van der Waals surface area contributed by atoms with Gasteiger partial charge in [0, 0.05) is 16.0 Å². The van der Waals surface area contributed by atoms with E-state index in [0.29, 0.717) is 6.61 Å². The predicted octanol–water partition coefficient (Wildman–Crippen LogP) is 3.64. The highest BCUT2D eigenvalue weighted by Gasteiger charge is 2.23. The molecule has 2 nitrogen and oxygen atoms in total. The van der Waals surface area contributed by atoms with Crippen molar-refractivity contribution in [3.8, 4) is 5.75 Å². The van der Waals surface area contributed by atoms with Gasteiger partial charge in [0.15, 0.2) is 0 Å².